The first kappa shape index (κ1) is 17.6. The van der Waals surface area contributed by atoms with Crippen LogP contribution in [0, 0.1) is 0 Å². The average molecular weight is 304 g/mol. The van der Waals surface area contributed by atoms with Gasteiger partial charge in [-0.25, -0.2) is 9.59 Å². The minimum Gasteiger partial charge on any atom is -0.476 e. The predicted molar refractivity (Wildman–Crippen MR) is 51.2 cm³/mol. The summed E-state index contributed by atoms with van der Waals surface area (Å²) >= 11 is 0. The number of hydrogen-bond donors (Lipinski definition) is 4. The number of halogens is 4. The van der Waals surface area contributed by atoms with Gasteiger partial charge in [-0.05, 0) is 0 Å². The van der Waals surface area contributed by atoms with Gasteiger partial charge in [-0.2, -0.15) is 17.6 Å². The molecule has 0 saturated carbocycles. The summed E-state index contributed by atoms with van der Waals surface area (Å²) in [7, 11) is 0. The van der Waals surface area contributed by atoms with Gasteiger partial charge < -0.3 is 20.8 Å². The molecule has 0 aromatic carbocycles. The second-order valence-electron chi connectivity index (χ2n) is 3.27. The number of carboxylic acids is 2. The lowest BCUT2D eigenvalue weighted by Crippen LogP contribution is -2.50. The molecule has 0 aliphatic rings. The van der Waals surface area contributed by atoms with Crippen LogP contribution in [-0.2, 0) is 19.2 Å². The third-order valence-corrected chi connectivity index (χ3v) is 1.80. The standard InChI is InChI=1S/C8H8F4N2O6/c9-7(10,5(17)18)3(15)13-1-2-14-4(16)8(11,12)6(19)20/h1-2H2,(H,13,15)(H,14,16)(H,17,18)(H,19,20). The highest BCUT2D eigenvalue weighted by atomic mass is 19.3. The smallest absolute Gasteiger partial charge is 0.418 e. The van der Waals surface area contributed by atoms with Crippen molar-refractivity contribution < 1.29 is 47.0 Å². The molecule has 0 atom stereocenters. The second-order valence-corrected chi connectivity index (χ2v) is 3.27. The van der Waals surface area contributed by atoms with Crippen molar-refractivity contribution in [3.63, 3.8) is 0 Å². The predicted octanol–water partition coefficient (Wildman–Crippen LogP) is -1.34. The first-order valence-electron chi connectivity index (χ1n) is 4.73. The number of aliphatic carboxylic acids is 2. The van der Waals surface area contributed by atoms with Crippen molar-refractivity contribution in [2.75, 3.05) is 13.1 Å². The Morgan fingerprint density at radius 3 is 1.20 bits per heavy atom. The maximum absolute atomic E-state index is 12.5. The van der Waals surface area contributed by atoms with Crippen molar-refractivity contribution in [3.05, 3.63) is 0 Å². The topological polar surface area (TPSA) is 133 Å². The fraction of sp³-hybridized carbons (Fsp3) is 0.500. The maximum Gasteiger partial charge on any atom is 0.418 e. The molecule has 0 unspecified atom stereocenters. The van der Waals surface area contributed by atoms with E-state index in [4.69, 9.17) is 10.2 Å². The summed E-state index contributed by atoms with van der Waals surface area (Å²) in [6, 6.07) is 0. The molecule has 0 aromatic rings. The number of hydrogen-bond acceptors (Lipinski definition) is 4. The minimum atomic E-state index is -4.71. The normalized spacial score (nSPS) is 11.6. The van der Waals surface area contributed by atoms with Gasteiger partial charge in [0, 0.05) is 13.1 Å². The Bertz CT molecular complexity index is 399. The van der Waals surface area contributed by atoms with Crippen LogP contribution in [0.3, 0.4) is 0 Å². The molecule has 8 nitrogen and oxygen atoms in total. The Kier molecular flexibility index (Phi) is 5.42. The minimum absolute atomic E-state index is 0.802. The van der Waals surface area contributed by atoms with E-state index >= 15 is 0 Å². The van der Waals surface area contributed by atoms with Gasteiger partial charge in [-0.1, -0.05) is 0 Å². The number of carbonyl (C=O) groups excluding carboxylic acids is 2. The van der Waals surface area contributed by atoms with Gasteiger partial charge in [-0.15, -0.1) is 0 Å². The van der Waals surface area contributed by atoms with Crippen molar-refractivity contribution in [1.82, 2.24) is 10.6 Å². The van der Waals surface area contributed by atoms with Gasteiger partial charge in [0.2, 0.25) is 0 Å². The first-order chi connectivity index (χ1) is 8.94. The maximum atomic E-state index is 12.5. The summed E-state index contributed by atoms with van der Waals surface area (Å²) in [5.41, 5.74) is 0. The Morgan fingerprint density at radius 1 is 0.750 bits per heavy atom. The van der Waals surface area contributed by atoms with E-state index in [2.05, 4.69) is 0 Å². The molecular formula is C8H8F4N2O6. The van der Waals surface area contributed by atoms with Crippen molar-refractivity contribution in [3.8, 4) is 0 Å². The largest absolute Gasteiger partial charge is 0.476 e. The molecular weight excluding hydrogens is 296 g/mol. The van der Waals surface area contributed by atoms with E-state index in [1.54, 1.807) is 0 Å². The first-order valence-corrected chi connectivity index (χ1v) is 4.73. The molecule has 0 spiro atoms. The van der Waals surface area contributed by atoms with Crippen molar-refractivity contribution >= 4 is 23.8 Å². The molecule has 0 rings (SSSR count). The van der Waals surface area contributed by atoms with Gasteiger partial charge in [0.05, 0.1) is 0 Å². The lowest BCUT2D eigenvalue weighted by atomic mass is 10.3. The van der Waals surface area contributed by atoms with Crippen LogP contribution in [0.15, 0.2) is 0 Å². The average Bonchev–Trinajstić information content (AvgIpc) is 2.33. The molecule has 12 heteroatoms. The van der Waals surface area contributed by atoms with Gasteiger partial charge in [-0.3, -0.25) is 9.59 Å². The summed E-state index contributed by atoms with van der Waals surface area (Å²) in [6.07, 6.45) is 0. The fourth-order valence-electron chi connectivity index (χ4n) is 0.768. The Labute approximate surface area is 107 Å². The molecule has 0 bridgehead atoms. The van der Waals surface area contributed by atoms with Gasteiger partial charge in [0.15, 0.2) is 0 Å². The molecule has 0 fully saturated rings. The molecule has 0 radical (unpaired) electrons. The molecule has 0 aromatic heterocycles. The third kappa shape index (κ3) is 4.07. The third-order valence-electron chi connectivity index (χ3n) is 1.80. The van der Waals surface area contributed by atoms with Gasteiger partial charge >= 0.3 is 35.6 Å². The van der Waals surface area contributed by atoms with E-state index in [0.717, 1.165) is 0 Å². The zero-order valence-electron chi connectivity index (χ0n) is 9.45. The molecule has 0 aliphatic carbocycles. The van der Waals surface area contributed by atoms with E-state index < -0.39 is 48.7 Å². The summed E-state index contributed by atoms with van der Waals surface area (Å²) in [5, 5.41) is 18.7. The lowest BCUT2D eigenvalue weighted by molar-refractivity contribution is -0.174. The van der Waals surface area contributed by atoms with Crippen molar-refractivity contribution in [2.45, 2.75) is 11.8 Å². The van der Waals surface area contributed by atoms with E-state index in [9.17, 15) is 36.7 Å². The van der Waals surface area contributed by atoms with Crippen LogP contribution in [0.2, 0.25) is 0 Å². The number of rotatable bonds is 7. The highest BCUT2D eigenvalue weighted by Crippen LogP contribution is 2.13. The fourth-order valence-corrected chi connectivity index (χ4v) is 0.768. The van der Waals surface area contributed by atoms with E-state index in [-0.39, 0.29) is 0 Å². The number of carbonyl (C=O) groups is 4. The Balaban J connectivity index is 4.24. The van der Waals surface area contributed by atoms with E-state index in [0.29, 0.717) is 0 Å². The summed E-state index contributed by atoms with van der Waals surface area (Å²) < 4.78 is 50.1. The molecule has 4 N–H and O–H groups in total. The van der Waals surface area contributed by atoms with E-state index in [1.807, 2.05) is 0 Å². The van der Waals surface area contributed by atoms with Gasteiger partial charge in [0.25, 0.3) is 0 Å². The zero-order chi connectivity index (χ0) is 16.1. The van der Waals surface area contributed by atoms with Crippen LogP contribution in [0.5, 0.6) is 0 Å². The molecule has 0 heterocycles. The monoisotopic (exact) mass is 304 g/mol. The van der Waals surface area contributed by atoms with Crippen LogP contribution in [0.25, 0.3) is 0 Å². The molecule has 114 valence electrons. The number of carboxylic acid groups (broad SMARTS) is 2. The van der Waals surface area contributed by atoms with Crippen LogP contribution in [0.4, 0.5) is 17.6 Å². The van der Waals surface area contributed by atoms with Crippen LogP contribution in [-0.4, -0.2) is 58.9 Å². The van der Waals surface area contributed by atoms with E-state index in [1.165, 1.54) is 10.6 Å². The number of amides is 2. The Hall–Kier alpha value is -2.40. The Morgan fingerprint density at radius 2 is 1.00 bits per heavy atom. The lowest BCUT2D eigenvalue weighted by Gasteiger charge is -2.13. The van der Waals surface area contributed by atoms with Gasteiger partial charge in [0.1, 0.15) is 0 Å². The SMILES string of the molecule is O=C(O)C(F)(F)C(=O)NCCNC(=O)C(F)(F)C(=O)O. The molecule has 2 amide bonds. The highest BCUT2D eigenvalue weighted by Gasteiger charge is 2.48. The molecule has 0 saturated heterocycles. The van der Waals surface area contributed by atoms with Crippen LogP contribution < -0.4 is 10.6 Å². The van der Waals surface area contributed by atoms with Crippen LogP contribution in [0.1, 0.15) is 0 Å². The van der Waals surface area contributed by atoms with Crippen molar-refractivity contribution in [2.24, 2.45) is 0 Å². The highest BCUT2D eigenvalue weighted by molar-refractivity contribution is 6.04. The van der Waals surface area contributed by atoms with Crippen LogP contribution >= 0.6 is 0 Å². The molecule has 20 heavy (non-hydrogen) atoms. The zero-order valence-corrected chi connectivity index (χ0v) is 9.45. The quantitative estimate of drug-likeness (QED) is 0.261. The summed E-state index contributed by atoms with van der Waals surface area (Å²) in [6.45, 7) is -1.60. The summed E-state index contributed by atoms with van der Waals surface area (Å²) in [4.78, 5) is 41.2. The number of alkyl halides is 4. The molecule has 0 aliphatic heterocycles. The number of nitrogens with one attached hydrogen (secondary N) is 2. The summed E-state index contributed by atoms with van der Waals surface area (Å²) in [5.74, 6) is -19.3. The van der Waals surface area contributed by atoms with Crippen molar-refractivity contribution in [1.29, 1.82) is 0 Å². The second kappa shape index (κ2) is 6.16.